The number of pyridine rings is 1. The lowest BCUT2D eigenvalue weighted by molar-refractivity contribution is -0.385. The summed E-state index contributed by atoms with van der Waals surface area (Å²) >= 11 is 0. The molecule has 104 valence electrons. The Bertz CT molecular complexity index is 464. The van der Waals surface area contributed by atoms with Crippen molar-refractivity contribution in [1.29, 1.82) is 0 Å². The summed E-state index contributed by atoms with van der Waals surface area (Å²) in [7, 11) is 1.62. The number of carboxylic acids is 1. The van der Waals surface area contributed by atoms with Crippen molar-refractivity contribution >= 4 is 17.5 Å². The van der Waals surface area contributed by atoms with E-state index in [1.807, 2.05) is 0 Å². The van der Waals surface area contributed by atoms with Crippen LogP contribution in [0.2, 0.25) is 0 Å². The summed E-state index contributed by atoms with van der Waals surface area (Å²) in [5.74, 6) is -1.04. The van der Waals surface area contributed by atoms with Gasteiger partial charge in [0.1, 0.15) is 17.6 Å². The monoisotopic (exact) mass is 269 g/mol. The lowest BCUT2D eigenvalue weighted by Crippen LogP contribution is -2.08. The van der Waals surface area contributed by atoms with Crippen LogP contribution in [0, 0.1) is 10.1 Å². The summed E-state index contributed by atoms with van der Waals surface area (Å²) in [4.78, 5) is 24.6. The maximum Gasteiger partial charge on any atom is 0.342 e. The standard InChI is InChI=1S/C11H15N3O5/c1-19-5-3-2-4-12-10-6-8(11(15)16)9(7-13-10)14(17)18/h6-7H,2-5H2,1H3,(H,12,13)(H,15,16). The minimum absolute atomic E-state index is 0.306. The number of rotatable bonds is 8. The second kappa shape index (κ2) is 7.27. The molecule has 0 fully saturated rings. The second-order valence-electron chi connectivity index (χ2n) is 3.78. The fraction of sp³-hybridized carbons (Fsp3) is 0.455. The molecule has 8 heteroatoms. The van der Waals surface area contributed by atoms with E-state index in [0.29, 0.717) is 19.0 Å². The summed E-state index contributed by atoms with van der Waals surface area (Å²) in [5, 5.41) is 22.5. The SMILES string of the molecule is COCCCCNc1cc(C(=O)O)c([N+](=O)[O-])cn1. The molecule has 19 heavy (non-hydrogen) atoms. The van der Waals surface area contributed by atoms with E-state index in [9.17, 15) is 14.9 Å². The number of unbranched alkanes of at least 4 members (excludes halogenated alkanes) is 1. The Morgan fingerprint density at radius 3 is 2.89 bits per heavy atom. The molecule has 2 N–H and O–H groups in total. The van der Waals surface area contributed by atoms with Crippen LogP contribution in [-0.2, 0) is 4.74 Å². The number of nitrogens with one attached hydrogen (secondary N) is 1. The molecule has 0 aliphatic heterocycles. The number of carboxylic acid groups (broad SMARTS) is 1. The van der Waals surface area contributed by atoms with E-state index in [2.05, 4.69) is 10.3 Å². The third-order valence-corrected chi connectivity index (χ3v) is 2.39. The number of nitrogens with zero attached hydrogens (tertiary/aromatic N) is 2. The molecule has 0 bridgehead atoms. The van der Waals surface area contributed by atoms with Crippen LogP contribution in [0.3, 0.4) is 0 Å². The van der Waals surface area contributed by atoms with Crippen LogP contribution in [0.15, 0.2) is 12.3 Å². The number of ether oxygens (including phenoxy) is 1. The van der Waals surface area contributed by atoms with Crippen molar-refractivity contribution in [3.8, 4) is 0 Å². The van der Waals surface area contributed by atoms with Crippen LogP contribution >= 0.6 is 0 Å². The van der Waals surface area contributed by atoms with E-state index in [1.165, 1.54) is 0 Å². The Balaban J connectivity index is 2.68. The van der Waals surface area contributed by atoms with Gasteiger partial charge in [0.25, 0.3) is 0 Å². The van der Waals surface area contributed by atoms with Crippen molar-refractivity contribution in [3.63, 3.8) is 0 Å². The quantitative estimate of drug-likeness (QED) is 0.417. The predicted molar refractivity (Wildman–Crippen MR) is 67.5 cm³/mol. The molecule has 0 atom stereocenters. The number of carbonyl (C=O) groups is 1. The summed E-state index contributed by atoms with van der Waals surface area (Å²) in [5.41, 5.74) is -0.892. The molecule has 1 rings (SSSR count). The molecule has 0 saturated heterocycles. The number of nitro groups is 1. The Morgan fingerprint density at radius 2 is 2.32 bits per heavy atom. The second-order valence-corrected chi connectivity index (χ2v) is 3.78. The third kappa shape index (κ3) is 4.51. The Labute approximate surface area is 109 Å². The van der Waals surface area contributed by atoms with E-state index < -0.39 is 16.6 Å². The lowest BCUT2D eigenvalue weighted by Gasteiger charge is -2.06. The maximum absolute atomic E-state index is 10.9. The van der Waals surface area contributed by atoms with Gasteiger partial charge < -0.3 is 15.2 Å². The van der Waals surface area contributed by atoms with Gasteiger partial charge in [0.05, 0.1) is 4.92 Å². The lowest BCUT2D eigenvalue weighted by atomic mass is 10.2. The first-order valence-corrected chi connectivity index (χ1v) is 5.66. The number of methoxy groups -OCH3 is 1. The van der Waals surface area contributed by atoms with Crippen molar-refractivity contribution < 1.29 is 19.6 Å². The molecule has 0 saturated carbocycles. The van der Waals surface area contributed by atoms with Gasteiger partial charge in [0.2, 0.25) is 0 Å². The molecule has 0 radical (unpaired) electrons. The van der Waals surface area contributed by atoms with Crippen LogP contribution in [-0.4, -0.2) is 41.2 Å². The summed E-state index contributed by atoms with van der Waals surface area (Å²) in [6, 6.07) is 1.16. The van der Waals surface area contributed by atoms with Gasteiger partial charge in [-0.1, -0.05) is 0 Å². The van der Waals surface area contributed by atoms with Gasteiger partial charge in [0.15, 0.2) is 0 Å². The van der Waals surface area contributed by atoms with E-state index in [0.717, 1.165) is 25.1 Å². The van der Waals surface area contributed by atoms with Crippen molar-refractivity contribution in [3.05, 3.63) is 27.9 Å². The molecular formula is C11H15N3O5. The van der Waals surface area contributed by atoms with Gasteiger partial charge in [-0.05, 0) is 12.8 Å². The van der Waals surface area contributed by atoms with Gasteiger partial charge in [-0.3, -0.25) is 10.1 Å². The Morgan fingerprint density at radius 1 is 1.58 bits per heavy atom. The highest BCUT2D eigenvalue weighted by atomic mass is 16.6. The number of aromatic nitrogens is 1. The van der Waals surface area contributed by atoms with Gasteiger partial charge >= 0.3 is 11.7 Å². The molecule has 0 aliphatic rings. The van der Waals surface area contributed by atoms with Crippen LogP contribution < -0.4 is 5.32 Å². The zero-order chi connectivity index (χ0) is 14.3. The van der Waals surface area contributed by atoms with Crippen LogP contribution in [0.5, 0.6) is 0 Å². The van der Waals surface area contributed by atoms with Crippen molar-refractivity contribution in [1.82, 2.24) is 4.98 Å². The molecule has 0 spiro atoms. The minimum atomic E-state index is -1.35. The topological polar surface area (TPSA) is 115 Å². The van der Waals surface area contributed by atoms with Crippen molar-refractivity contribution in [2.75, 3.05) is 25.6 Å². The molecule has 1 aromatic rings. The van der Waals surface area contributed by atoms with Crippen molar-refractivity contribution in [2.24, 2.45) is 0 Å². The van der Waals surface area contributed by atoms with E-state index in [4.69, 9.17) is 9.84 Å². The molecule has 0 aliphatic carbocycles. The summed E-state index contributed by atoms with van der Waals surface area (Å²) in [6.45, 7) is 1.24. The predicted octanol–water partition coefficient (Wildman–Crippen LogP) is 1.53. The first kappa shape index (κ1) is 14.8. The molecule has 8 nitrogen and oxygen atoms in total. The van der Waals surface area contributed by atoms with Crippen LogP contribution in [0.25, 0.3) is 0 Å². The van der Waals surface area contributed by atoms with Gasteiger partial charge in [-0.25, -0.2) is 9.78 Å². The van der Waals surface area contributed by atoms with Crippen molar-refractivity contribution in [2.45, 2.75) is 12.8 Å². The zero-order valence-electron chi connectivity index (χ0n) is 10.5. The summed E-state index contributed by atoms with van der Waals surface area (Å²) < 4.78 is 4.89. The van der Waals surface area contributed by atoms with Gasteiger partial charge in [-0.2, -0.15) is 0 Å². The molecule has 0 amide bonds. The first-order valence-electron chi connectivity index (χ1n) is 5.66. The van der Waals surface area contributed by atoms with Crippen LogP contribution in [0.4, 0.5) is 11.5 Å². The van der Waals surface area contributed by atoms with E-state index in [1.54, 1.807) is 7.11 Å². The van der Waals surface area contributed by atoms with E-state index in [-0.39, 0.29) is 5.56 Å². The fourth-order valence-electron chi connectivity index (χ4n) is 1.45. The molecular weight excluding hydrogens is 254 g/mol. The molecule has 1 aromatic heterocycles. The fourth-order valence-corrected chi connectivity index (χ4v) is 1.45. The minimum Gasteiger partial charge on any atom is -0.477 e. The molecule has 0 aromatic carbocycles. The average Bonchev–Trinajstić information content (AvgIpc) is 2.38. The van der Waals surface area contributed by atoms with Gasteiger partial charge in [0, 0.05) is 26.3 Å². The largest absolute Gasteiger partial charge is 0.477 e. The number of hydrogen-bond acceptors (Lipinski definition) is 6. The van der Waals surface area contributed by atoms with Gasteiger partial charge in [-0.15, -0.1) is 0 Å². The Hall–Kier alpha value is -2.22. The van der Waals surface area contributed by atoms with E-state index >= 15 is 0 Å². The zero-order valence-corrected chi connectivity index (χ0v) is 10.5. The summed E-state index contributed by atoms with van der Waals surface area (Å²) in [6.07, 6.45) is 2.64. The highest BCUT2D eigenvalue weighted by Gasteiger charge is 2.20. The molecule has 0 unspecified atom stereocenters. The number of aromatic carboxylic acids is 1. The van der Waals surface area contributed by atoms with Crippen LogP contribution in [0.1, 0.15) is 23.2 Å². The number of anilines is 1. The average molecular weight is 269 g/mol. The Kier molecular flexibility index (Phi) is 5.68. The normalized spacial score (nSPS) is 10.2. The number of hydrogen-bond donors (Lipinski definition) is 2. The maximum atomic E-state index is 10.9. The highest BCUT2D eigenvalue weighted by Crippen LogP contribution is 2.20. The third-order valence-electron chi connectivity index (χ3n) is 2.39. The highest BCUT2D eigenvalue weighted by molar-refractivity contribution is 5.93. The smallest absolute Gasteiger partial charge is 0.342 e. The molecule has 1 heterocycles. The first-order chi connectivity index (χ1) is 9.06.